The fourth-order valence-corrected chi connectivity index (χ4v) is 2.59. The Morgan fingerprint density at radius 2 is 2.35 bits per heavy atom. The van der Waals surface area contributed by atoms with Crippen molar-refractivity contribution in [3.63, 3.8) is 0 Å². The van der Waals surface area contributed by atoms with Gasteiger partial charge in [-0.3, -0.25) is 9.69 Å². The molecule has 5 heteroatoms. The number of likely N-dealkylation sites (tertiary alicyclic amines) is 1. The molecule has 0 radical (unpaired) electrons. The first-order valence-corrected chi connectivity index (χ1v) is 6.34. The van der Waals surface area contributed by atoms with Crippen LogP contribution in [0.5, 0.6) is 0 Å². The minimum absolute atomic E-state index is 0.217. The quantitative estimate of drug-likeness (QED) is 0.928. The van der Waals surface area contributed by atoms with E-state index >= 15 is 0 Å². The van der Waals surface area contributed by atoms with Crippen LogP contribution in [0.3, 0.4) is 0 Å². The maximum Gasteiger partial charge on any atom is 0.234 e. The summed E-state index contributed by atoms with van der Waals surface area (Å²) in [6.45, 7) is 1.38. The second-order valence-corrected chi connectivity index (χ2v) is 5.12. The van der Waals surface area contributed by atoms with Crippen LogP contribution in [0.15, 0.2) is 22.7 Å². The molecule has 2 rings (SSSR count). The Balaban J connectivity index is 2.15. The molecule has 1 aliphatic rings. The summed E-state index contributed by atoms with van der Waals surface area (Å²) < 4.78 is 14.0. The van der Waals surface area contributed by atoms with Crippen LogP contribution in [0.25, 0.3) is 0 Å². The largest absolute Gasteiger partial charge is 0.368 e. The van der Waals surface area contributed by atoms with Crippen LogP contribution in [0.1, 0.15) is 18.4 Å². The van der Waals surface area contributed by atoms with Gasteiger partial charge in [0.15, 0.2) is 0 Å². The molecule has 17 heavy (non-hydrogen) atoms. The van der Waals surface area contributed by atoms with Crippen LogP contribution in [-0.4, -0.2) is 23.4 Å². The van der Waals surface area contributed by atoms with E-state index in [4.69, 9.17) is 5.73 Å². The van der Waals surface area contributed by atoms with E-state index in [-0.39, 0.29) is 17.8 Å². The first-order valence-electron chi connectivity index (χ1n) is 5.55. The summed E-state index contributed by atoms with van der Waals surface area (Å²) in [6, 6.07) is 4.36. The van der Waals surface area contributed by atoms with E-state index in [0.29, 0.717) is 6.54 Å². The predicted molar refractivity (Wildman–Crippen MR) is 66.7 cm³/mol. The van der Waals surface area contributed by atoms with Gasteiger partial charge in [0.25, 0.3) is 0 Å². The molecule has 0 saturated carbocycles. The number of hydrogen-bond donors (Lipinski definition) is 1. The minimum Gasteiger partial charge on any atom is -0.368 e. The maximum absolute atomic E-state index is 13.1. The lowest BCUT2D eigenvalue weighted by molar-refractivity contribution is -0.122. The van der Waals surface area contributed by atoms with Gasteiger partial charge in [-0.05, 0) is 43.1 Å². The number of hydrogen-bond acceptors (Lipinski definition) is 2. The van der Waals surface area contributed by atoms with Crippen molar-refractivity contribution in [3.8, 4) is 0 Å². The van der Waals surface area contributed by atoms with Crippen LogP contribution < -0.4 is 5.73 Å². The molecule has 1 saturated heterocycles. The maximum atomic E-state index is 13.1. The summed E-state index contributed by atoms with van der Waals surface area (Å²) in [5.41, 5.74) is 6.19. The molecule has 1 aromatic carbocycles. The first-order chi connectivity index (χ1) is 8.08. The van der Waals surface area contributed by atoms with Crippen LogP contribution >= 0.6 is 15.9 Å². The fourth-order valence-electron chi connectivity index (χ4n) is 2.22. The van der Waals surface area contributed by atoms with Gasteiger partial charge in [-0.2, -0.15) is 0 Å². The average molecular weight is 301 g/mol. The third-order valence-corrected chi connectivity index (χ3v) is 3.85. The van der Waals surface area contributed by atoms with Gasteiger partial charge in [0, 0.05) is 11.0 Å². The molecule has 1 heterocycles. The van der Waals surface area contributed by atoms with Gasteiger partial charge in [0.05, 0.1) is 6.04 Å². The Hall–Kier alpha value is -0.940. The molecule has 0 spiro atoms. The van der Waals surface area contributed by atoms with E-state index in [1.807, 2.05) is 4.90 Å². The number of nitrogens with two attached hydrogens (primary N) is 1. The van der Waals surface area contributed by atoms with Crippen molar-refractivity contribution in [2.24, 2.45) is 5.73 Å². The van der Waals surface area contributed by atoms with Crippen molar-refractivity contribution in [2.75, 3.05) is 6.54 Å². The third-order valence-electron chi connectivity index (χ3n) is 3.07. The third kappa shape index (κ3) is 2.84. The van der Waals surface area contributed by atoms with E-state index in [1.165, 1.54) is 12.1 Å². The number of carbonyl (C=O) groups is 1. The Morgan fingerprint density at radius 3 is 3.06 bits per heavy atom. The molecule has 0 aromatic heterocycles. The van der Waals surface area contributed by atoms with Gasteiger partial charge in [-0.15, -0.1) is 0 Å². The number of rotatable bonds is 3. The van der Waals surface area contributed by atoms with E-state index in [2.05, 4.69) is 15.9 Å². The highest BCUT2D eigenvalue weighted by Crippen LogP contribution is 2.24. The van der Waals surface area contributed by atoms with Gasteiger partial charge in [0.1, 0.15) is 5.82 Å². The molecule has 1 unspecified atom stereocenters. The summed E-state index contributed by atoms with van der Waals surface area (Å²) in [6.07, 6.45) is 1.75. The number of nitrogens with zero attached hydrogens (tertiary/aromatic N) is 1. The molecule has 92 valence electrons. The van der Waals surface area contributed by atoms with E-state index < -0.39 is 0 Å². The van der Waals surface area contributed by atoms with Crippen LogP contribution in [-0.2, 0) is 11.3 Å². The van der Waals surface area contributed by atoms with Crippen LogP contribution in [0.2, 0.25) is 0 Å². The highest BCUT2D eigenvalue weighted by molar-refractivity contribution is 9.10. The highest BCUT2D eigenvalue weighted by Gasteiger charge is 2.29. The zero-order valence-corrected chi connectivity index (χ0v) is 10.9. The molecule has 0 aliphatic carbocycles. The van der Waals surface area contributed by atoms with Crippen LogP contribution in [0, 0.1) is 5.82 Å². The lowest BCUT2D eigenvalue weighted by atomic mass is 10.1. The molecule has 1 atom stereocenters. The summed E-state index contributed by atoms with van der Waals surface area (Å²) in [4.78, 5) is 13.3. The lowest BCUT2D eigenvalue weighted by Gasteiger charge is -2.22. The van der Waals surface area contributed by atoms with E-state index in [9.17, 15) is 9.18 Å². The average Bonchev–Trinajstić information content (AvgIpc) is 2.71. The molecule has 1 aliphatic heterocycles. The van der Waals surface area contributed by atoms with Crippen LogP contribution in [0.4, 0.5) is 4.39 Å². The van der Waals surface area contributed by atoms with Crippen molar-refractivity contribution in [1.29, 1.82) is 0 Å². The number of benzene rings is 1. The molecule has 1 fully saturated rings. The first kappa shape index (κ1) is 12.5. The second-order valence-electron chi connectivity index (χ2n) is 4.27. The van der Waals surface area contributed by atoms with Gasteiger partial charge >= 0.3 is 0 Å². The SMILES string of the molecule is NC(=O)C1CCCN1Cc1cc(F)ccc1Br. The number of halogens is 2. The van der Waals surface area contributed by atoms with Crippen molar-refractivity contribution in [2.45, 2.75) is 25.4 Å². The summed E-state index contributed by atoms with van der Waals surface area (Å²) in [5, 5.41) is 0. The Labute approximate surface area is 108 Å². The molecular formula is C12H14BrFN2O. The standard InChI is InChI=1S/C12H14BrFN2O/c13-10-4-3-9(14)6-8(10)7-16-5-1-2-11(16)12(15)17/h3-4,6,11H,1-2,5,7H2,(H2,15,17). The molecule has 2 N–H and O–H groups in total. The van der Waals surface area contributed by atoms with Crippen molar-refractivity contribution in [1.82, 2.24) is 4.90 Å². The lowest BCUT2D eigenvalue weighted by Crippen LogP contribution is -2.39. The normalized spacial score (nSPS) is 20.7. The zero-order chi connectivity index (χ0) is 12.4. The topological polar surface area (TPSA) is 46.3 Å². The Morgan fingerprint density at radius 1 is 1.59 bits per heavy atom. The van der Waals surface area contributed by atoms with Gasteiger partial charge in [-0.25, -0.2) is 4.39 Å². The van der Waals surface area contributed by atoms with Gasteiger partial charge in [0.2, 0.25) is 5.91 Å². The Kier molecular flexibility index (Phi) is 3.79. The molecule has 1 amide bonds. The van der Waals surface area contributed by atoms with Gasteiger partial charge < -0.3 is 5.73 Å². The highest BCUT2D eigenvalue weighted by atomic mass is 79.9. The molecule has 1 aromatic rings. The van der Waals surface area contributed by atoms with Crippen molar-refractivity contribution in [3.05, 3.63) is 34.1 Å². The molecule has 0 bridgehead atoms. The monoisotopic (exact) mass is 300 g/mol. The number of amides is 1. The summed E-state index contributed by atoms with van der Waals surface area (Å²) in [7, 11) is 0. The smallest absolute Gasteiger partial charge is 0.234 e. The second kappa shape index (κ2) is 5.14. The predicted octanol–water partition coefficient (Wildman–Crippen LogP) is 2.04. The fraction of sp³-hybridized carbons (Fsp3) is 0.417. The van der Waals surface area contributed by atoms with E-state index in [1.54, 1.807) is 6.07 Å². The Bertz CT molecular complexity index is 439. The number of primary amides is 1. The molecule has 3 nitrogen and oxygen atoms in total. The summed E-state index contributed by atoms with van der Waals surface area (Å²) >= 11 is 3.39. The van der Waals surface area contributed by atoms with Crippen molar-refractivity contribution < 1.29 is 9.18 Å². The van der Waals surface area contributed by atoms with E-state index in [0.717, 1.165) is 29.4 Å². The zero-order valence-electron chi connectivity index (χ0n) is 9.33. The summed E-state index contributed by atoms with van der Waals surface area (Å²) in [5.74, 6) is -0.562. The number of carbonyl (C=O) groups excluding carboxylic acids is 1. The van der Waals surface area contributed by atoms with Gasteiger partial charge in [-0.1, -0.05) is 15.9 Å². The molecular weight excluding hydrogens is 287 g/mol. The minimum atomic E-state index is -0.296. The van der Waals surface area contributed by atoms with Crippen molar-refractivity contribution >= 4 is 21.8 Å².